The normalized spacial score (nSPS) is 19.5. The summed E-state index contributed by atoms with van der Waals surface area (Å²) >= 11 is 4.03. The fourth-order valence-electron chi connectivity index (χ4n) is 1.90. The third kappa shape index (κ3) is 3.59. The van der Waals surface area contributed by atoms with E-state index in [0.29, 0.717) is 10.8 Å². The molecule has 1 aliphatic rings. The Labute approximate surface area is 116 Å². The van der Waals surface area contributed by atoms with Crippen LogP contribution in [-0.2, 0) is 0 Å². The molecule has 0 aliphatic carbocycles. The van der Waals surface area contributed by atoms with Gasteiger partial charge in [-0.05, 0) is 30.7 Å². The Morgan fingerprint density at radius 3 is 2.94 bits per heavy atom. The largest absolute Gasteiger partial charge is 0.478 e. The van der Waals surface area contributed by atoms with Crippen LogP contribution in [0.3, 0.4) is 0 Å². The van der Waals surface area contributed by atoms with E-state index in [1.54, 1.807) is 6.07 Å². The molecule has 1 fully saturated rings. The Balaban J connectivity index is 1.93. The molecule has 1 saturated heterocycles. The summed E-state index contributed by atoms with van der Waals surface area (Å²) in [5, 5.41) is 13.0. The molecule has 98 valence electrons. The third-order valence-corrected chi connectivity index (χ3v) is 5.72. The maximum absolute atomic E-state index is 10.9. The highest BCUT2D eigenvalue weighted by Gasteiger charge is 2.14. The second-order valence-corrected chi connectivity index (χ2v) is 6.84. The summed E-state index contributed by atoms with van der Waals surface area (Å²) in [6, 6.07) is 5.42. The lowest BCUT2D eigenvalue weighted by Crippen LogP contribution is -2.23. The molecule has 2 rings (SSSR count). The van der Waals surface area contributed by atoms with E-state index in [0.717, 1.165) is 17.8 Å². The maximum atomic E-state index is 10.9. The number of aromatic carboxylic acids is 1. The van der Waals surface area contributed by atoms with Gasteiger partial charge in [0, 0.05) is 34.7 Å². The molecule has 1 aromatic rings. The van der Waals surface area contributed by atoms with Crippen LogP contribution in [0.1, 0.15) is 15.9 Å². The maximum Gasteiger partial charge on any atom is 0.335 e. The van der Waals surface area contributed by atoms with Crippen LogP contribution in [-0.4, -0.2) is 40.1 Å². The van der Waals surface area contributed by atoms with Crippen molar-refractivity contribution in [1.82, 2.24) is 0 Å². The van der Waals surface area contributed by atoms with Crippen LogP contribution in [0.4, 0.5) is 5.69 Å². The quantitative estimate of drug-likeness (QED) is 0.889. The lowest BCUT2D eigenvalue weighted by molar-refractivity contribution is 0.0696. The summed E-state index contributed by atoms with van der Waals surface area (Å²) in [5.41, 5.74) is 2.19. The molecule has 3 nitrogen and oxygen atoms in total. The summed E-state index contributed by atoms with van der Waals surface area (Å²) in [6.45, 7) is 2.78. The van der Waals surface area contributed by atoms with Crippen LogP contribution in [0.2, 0.25) is 0 Å². The zero-order chi connectivity index (χ0) is 13.0. The van der Waals surface area contributed by atoms with E-state index in [2.05, 4.69) is 5.32 Å². The number of rotatable bonds is 4. The van der Waals surface area contributed by atoms with Gasteiger partial charge in [-0.3, -0.25) is 0 Å². The molecule has 1 aliphatic heterocycles. The lowest BCUT2D eigenvalue weighted by Gasteiger charge is -2.21. The number of anilines is 1. The van der Waals surface area contributed by atoms with Gasteiger partial charge in [0.15, 0.2) is 0 Å². The Bertz CT molecular complexity index is 431. The van der Waals surface area contributed by atoms with Gasteiger partial charge in [0.05, 0.1) is 5.56 Å². The van der Waals surface area contributed by atoms with E-state index in [-0.39, 0.29) is 0 Å². The van der Waals surface area contributed by atoms with E-state index >= 15 is 0 Å². The molecule has 5 heteroatoms. The molecule has 0 bridgehead atoms. The fourth-order valence-corrected chi connectivity index (χ4v) is 4.51. The van der Waals surface area contributed by atoms with Crippen molar-refractivity contribution < 1.29 is 9.90 Å². The van der Waals surface area contributed by atoms with Crippen molar-refractivity contribution in [2.45, 2.75) is 12.2 Å². The van der Waals surface area contributed by atoms with Gasteiger partial charge in [-0.2, -0.15) is 23.5 Å². The number of carboxylic acid groups (broad SMARTS) is 1. The minimum absolute atomic E-state index is 0.378. The molecule has 1 atom stereocenters. The zero-order valence-corrected chi connectivity index (χ0v) is 11.9. The summed E-state index contributed by atoms with van der Waals surface area (Å²) in [5.74, 6) is 2.82. The first-order chi connectivity index (χ1) is 8.66. The zero-order valence-electron chi connectivity index (χ0n) is 10.3. The van der Waals surface area contributed by atoms with Gasteiger partial charge in [0.25, 0.3) is 0 Å². The monoisotopic (exact) mass is 283 g/mol. The number of nitrogens with one attached hydrogen (secondary N) is 1. The van der Waals surface area contributed by atoms with Gasteiger partial charge >= 0.3 is 5.97 Å². The second-order valence-electron chi connectivity index (χ2n) is 4.28. The minimum atomic E-state index is -0.863. The Hall–Kier alpha value is -0.810. The smallest absolute Gasteiger partial charge is 0.335 e. The molecule has 0 amide bonds. The van der Waals surface area contributed by atoms with Crippen molar-refractivity contribution >= 4 is 35.2 Å². The van der Waals surface area contributed by atoms with Crippen molar-refractivity contribution in [2.75, 3.05) is 29.1 Å². The first-order valence-electron chi connectivity index (χ1n) is 5.94. The lowest BCUT2D eigenvalue weighted by atomic mass is 10.1. The standard InChI is InChI=1S/C13H17NO2S2/c1-9-6-10(2-3-12(9)13(15)16)14-7-11-8-17-4-5-18-11/h2-3,6,11,14H,4-5,7-8H2,1H3,(H,15,16). The first-order valence-corrected chi connectivity index (χ1v) is 8.14. The third-order valence-electron chi connectivity index (χ3n) is 2.88. The van der Waals surface area contributed by atoms with Crippen LogP contribution in [0.15, 0.2) is 18.2 Å². The number of hydrogen-bond donors (Lipinski definition) is 2. The number of aryl methyl sites for hydroxylation is 1. The number of benzene rings is 1. The van der Waals surface area contributed by atoms with Crippen LogP contribution < -0.4 is 5.32 Å². The predicted octanol–water partition coefficient (Wildman–Crippen LogP) is 2.95. The Kier molecular flexibility index (Phi) is 4.83. The summed E-state index contributed by atoms with van der Waals surface area (Å²) in [6.07, 6.45) is 0. The highest BCUT2D eigenvalue weighted by molar-refractivity contribution is 8.06. The molecular weight excluding hydrogens is 266 g/mol. The number of carboxylic acids is 1. The molecule has 1 unspecified atom stereocenters. The Morgan fingerprint density at radius 2 is 2.33 bits per heavy atom. The topological polar surface area (TPSA) is 49.3 Å². The van der Waals surface area contributed by atoms with Crippen molar-refractivity contribution in [2.24, 2.45) is 0 Å². The van der Waals surface area contributed by atoms with Crippen molar-refractivity contribution in [3.63, 3.8) is 0 Å². The van der Waals surface area contributed by atoms with Gasteiger partial charge in [-0.1, -0.05) is 0 Å². The minimum Gasteiger partial charge on any atom is -0.478 e. The number of thioether (sulfide) groups is 2. The highest BCUT2D eigenvalue weighted by Crippen LogP contribution is 2.24. The van der Waals surface area contributed by atoms with Crippen molar-refractivity contribution in [1.29, 1.82) is 0 Å². The van der Waals surface area contributed by atoms with E-state index in [9.17, 15) is 4.79 Å². The van der Waals surface area contributed by atoms with E-state index in [1.165, 1.54) is 17.3 Å². The fraction of sp³-hybridized carbons (Fsp3) is 0.462. The van der Waals surface area contributed by atoms with E-state index < -0.39 is 5.97 Å². The summed E-state index contributed by atoms with van der Waals surface area (Å²) in [7, 11) is 0. The van der Waals surface area contributed by atoms with Gasteiger partial charge in [0.2, 0.25) is 0 Å². The van der Waals surface area contributed by atoms with Crippen molar-refractivity contribution in [3.05, 3.63) is 29.3 Å². The van der Waals surface area contributed by atoms with Gasteiger partial charge in [0.1, 0.15) is 0 Å². The number of carbonyl (C=O) groups is 1. The SMILES string of the molecule is Cc1cc(NCC2CSCCS2)ccc1C(=O)O. The van der Waals surface area contributed by atoms with Gasteiger partial charge in [-0.25, -0.2) is 4.79 Å². The second kappa shape index (κ2) is 6.38. The molecule has 0 aromatic heterocycles. The summed E-state index contributed by atoms with van der Waals surface area (Å²) < 4.78 is 0. The highest BCUT2D eigenvalue weighted by atomic mass is 32.2. The van der Waals surface area contributed by atoms with Gasteiger partial charge < -0.3 is 10.4 Å². The molecule has 18 heavy (non-hydrogen) atoms. The van der Waals surface area contributed by atoms with Crippen molar-refractivity contribution in [3.8, 4) is 0 Å². The summed E-state index contributed by atoms with van der Waals surface area (Å²) in [4.78, 5) is 10.9. The van der Waals surface area contributed by atoms with Crippen LogP contribution >= 0.6 is 23.5 Å². The molecule has 1 heterocycles. The van der Waals surface area contributed by atoms with E-state index in [1.807, 2.05) is 42.6 Å². The molecule has 1 aromatic carbocycles. The van der Waals surface area contributed by atoms with Crippen LogP contribution in [0.5, 0.6) is 0 Å². The molecule has 0 saturated carbocycles. The Morgan fingerprint density at radius 1 is 1.50 bits per heavy atom. The molecule has 0 radical (unpaired) electrons. The van der Waals surface area contributed by atoms with Crippen LogP contribution in [0, 0.1) is 6.92 Å². The first kappa shape index (κ1) is 13.6. The van der Waals surface area contributed by atoms with Crippen LogP contribution in [0.25, 0.3) is 0 Å². The number of hydrogen-bond acceptors (Lipinski definition) is 4. The molecular formula is C13H17NO2S2. The van der Waals surface area contributed by atoms with Gasteiger partial charge in [-0.15, -0.1) is 0 Å². The van der Waals surface area contributed by atoms with E-state index in [4.69, 9.17) is 5.11 Å². The predicted molar refractivity (Wildman–Crippen MR) is 80.2 cm³/mol. The average molecular weight is 283 g/mol. The average Bonchev–Trinajstić information content (AvgIpc) is 2.37. The molecule has 0 spiro atoms. The molecule has 2 N–H and O–H groups in total.